The van der Waals surface area contributed by atoms with Crippen LogP contribution in [0.1, 0.15) is 48.6 Å². The Kier molecular flexibility index (Phi) is 6.48. The van der Waals surface area contributed by atoms with E-state index in [9.17, 15) is 9.59 Å². The lowest BCUT2D eigenvalue weighted by Crippen LogP contribution is -2.37. The van der Waals surface area contributed by atoms with Crippen molar-refractivity contribution in [1.29, 1.82) is 0 Å². The summed E-state index contributed by atoms with van der Waals surface area (Å²) in [5.41, 5.74) is 3.10. The maximum absolute atomic E-state index is 13.8. The molecule has 0 saturated heterocycles. The standard InChI is InChI=1S/C27H22N4O2S2/c1-17-22(34-24(29-17)19-11-5-3-6-12-19)26(32)31(21-15-9-10-16-28-21)27(33)23-18(2)30-25(35-23)20-13-7-4-8-14-20/h3,5-7,9-16H,4,8H2,1-2H3. The van der Waals surface area contributed by atoms with E-state index in [1.54, 1.807) is 38.2 Å². The highest BCUT2D eigenvalue weighted by Crippen LogP contribution is 2.33. The molecule has 3 heterocycles. The summed E-state index contributed by atoms with van der Waals surface area (Å²) in [6.07, 6.45) is 9.78. The topological polar surface area (TPSA) is 76.1 Å². The molecule has 1 aliphatic rings. The second-order valence-corrected chi connectivity index (χ2v) is 10.0. The summed E-state index contributed by atoms with van der Waals surface area (Å²) >= 11 is 2.58. The van der Waals surface area contributed by atoms with Gasteiger partial charge >= 0.3 is 0 Å². The molecule has 35 heavy (non-hydrogen) atoms. The van der Waals surface area contributed by atoms with Crippen LogP contribution in [0.2, 0.25) is 0 Å². The van der Waals surface area contributed by atoms with E-state index in [0.29, 0.717) is 21.1 Å². The van der Waals surface area contributed by atoms with Crippen LogP contribution in [0, 0.1) is 13.8 Å². The molecule has 0 spiro atoms. The van der Waals surface area contributed by atoms with Gasteiger partial charge in [-0.3, -0.25) is 9.59 Å². The highest BCUT2D eigenvalue weighted by molar-refractivity contribution is 7.17. The smallest absolute Gasteiger partial charge is 0.267 e. The Labute approximate surface area is 211 Å². The number of hydrogen-bond donors (Lipinski definition) is 0. The number of nitrogens with zero attached hydrogens (tertiary/aromatic N) is 4. The van der Waals surface area contributed by atoms with Crippen molar-refractivity contribution in [3.8, 4) is 10.6 Å². The molecular weight excluding hydrogens is 476 g/mol. The summed E-state index contributed by atoms with van der Waals surface area (Å²) in [7, 11) is 0. The lowest BCUT2D eigenvalue weighted by atomic mass is 10.1. The molecule has 2 amide bonds. The predicted molar refractivity (Wildman–Crippen MR) is 141 cm³/mol. The number of carbonyl (C=O) groups is 2. The minimum absolute atomic E-state index is 0.266. The molecule has 0 saturated carbocycles. The van der Waals surface area contributed by atoms with Crippen LogP contribution in [-0.2, 0) is 0 Å². The fraction of sp³-hybridized carbons (Fsp3) is 0.148. The Morgan fingerprint density at radius 3 is 2.11 bits per heavy atom. The summed E-state index contributed by atoms with van der Waals surface area (Å²) in [6.45, 7) is 3.59. The van der Waals surface area contributed by atoms with E-state index in [1.807, 2.05) is 36.4 Å². The van der Waals surface area contributed by atoms with Gasteiger partial charge in [0.15, 0.2) is 0 Å². The molecule has 0 atom stereocenters. The Morgan fingerprint density at radius 2 is 1.49 bits per heavy atom. The number of benzene rings is 1. The monoisotopic (exact) mass is 498 g/mol. The number of aryl methyl sites for hydroxylation is 2. The molecule has 1 aliphatic carbocycles. The number of imide groups is 1. The molecule has 0 unspecified atom stereocenters. The number of carbonyl (C=O) groups excluding carboxylic acids is 2. The third-order valence-electron chi connectivity index (χ3n) is 5.53. The van der Waals surface area contributed by atoms with Crippen LogP contribution in [0.15, 0.2) is 73.0 Å². The SMILES string of the molecule is Cc1nc(C2=CCCC=C2)sc1C(=O)N(C(=O)c1sc(-c2ccccc2)nc1C)c1ccccn1. The largest absolute Gasteiger partial charge is 0.278 e. The van der Waals surface area contributed by atoms with Gasteiger partial charge in [-0.05, 0) is 38.8 Å². The number of pyridine rings is 1. The number of thiazole rings is 2. The van der Waals surface area contributed by atoms with E-state index >= 15 is 0 Å². The molecule has 0 fully saturated rings. The van der Waals surface area contributed by atoms with Crippen molar-refractivity contribution in [2.75, 3.05) is 4.90 Å². The van der Waals surface area contributed by atoms with Crippen molar-refractivity contribution in [3.63, 3.8) is 0 Å². The molecule has 3 aromatic heterocycles. The van der Waals surface area contributed by atoms with Gasteiger partial charge in [-0.15, -0.1) is 22.7 Å². The Balaban J connectivity index is 1.55. The van der Waals surface area contributed by atoms with Gasteiger partial charge in [0.25, 0.3) is 11.8 Å². The van der Waals surface area contributed by atoms with Gasteiger partial charge < -0.3 is 0 Å². The van der Waals surface area contributed by atoms with E-state index in [-0.39, 0.29) is 5.82 Å². The molecule has 1 aromatic carbocycles. The third-order valence-corrected chi connectivity index (χ3v) is 7.92. The van der Waals surface area contributed by atoms with E-state index in [0.717, 1.165) is 38.9 Å². The predicted octanol–water partition coefficient (Wildman–Crippen LogP) is 6.50. The van der Waals surface area contributed by atoms with E-state index in [2.05, 4.69) is 27.1 Å². The van der Waals surface area contributed by atoms with Crippen LogP contribution < -0.4 is 4.90 Å². The molecule has 0 radical (unpaired) electrons. The van der Waals surface area contributed by atoms with Gasteiger partial charge in [0.2, 0.25) is 0 Å². The highest BCUT2D eigenvalue weighted by atomic mass is 32.1. The van der Waals surface area contributed by atoms with Gasteiger partial charge in [-0.25, -0.2) is 19.9 Å². The second-order valence-electron chi connectivity index (χ2n) is 8.01. The molecule has 4 aromatic rings. The zero-order valence-electron chi connectivity index (χ0n) is 19.3. The third kappa shape index (κ3) is 4.62. The number of hydrogen-bond acceptors (Lipinski definition) is 7. The van der Waals surface area contributed by atoms with Gasteiger partial charge in [-0.2, -0.15) is 0 Å². The van der Waals surface area contributed by atoms with Gasteiger partial charge in [0.05, 0.1) is 11.4 Å². The minimum atomic E-state index is -0.447. The van der Waals surface area contributed by atoms with E-state index < -0.39 is 11.8 Å². The lowest BCUT2D eigenvalue weighted by Gasteiger charge is -2.19. The van der Waals surface area contributed by atoms with Crippen LogP contribution in [0.5, 0.6) is 0 Å². The fourth-order valence-corrected chi connectivity index (χ4v) is 5.80. The number of aromatic nitrogens is 3. The maximum atomic E-state index is 13.8. The van der Waals surface area contributed by atoms with Crippen molar-refractivity contribution >= 4 is 45.9 Å². The van der Waals surface area contributed by atoms with Crippen molar-refractivity contribution in [3.05, 3.63) is 99.1 Å². The van der Waals surface area contributed by atoms with Gasteiger partial charge in [0, 0.05) is 17.3 Å². The first-order valence-corrected chi connectivity index (χ1v) is 12.8. The second kappa shape index (κ2) is 9.85. The van der Waals surface area contributed by atoms with Gasteiger partial charge in [-0.1, -0.05) is 54.6 Å². The summed E-state index contributed by atoms with van der Waals surface area (Å²) in [6, 6.07) is 14.9. The highest BCUT2D eigenvalue weighted by Gasteiger charge is 2.32. The van der Waals surface area contributed by atoms with Crippen LogP contribution in [0.3, 0.4) is 0 Å². The zero-order valence-corrected chi connectivity index (χ0v) is 20.9. The Bertz CT molecular complexity index is 1450. The molecule has 8 heteroatoms. The summed E-state index contributed by atoms with van der Waals surface area (Å²) < 4.78 is 0. The van der Waals surface area contributed by atoms with Crippen LogP contribution in [-0.4, -0.2) is 26.8 Å². The number of amides is 2. The zero-order chi connectivity index (χ0) is 24.4. The normalized spacial score (nSPS) is 12.9. The number of anilines is 1. The minimum Gasteiger partial charge on any atom is -0.267 e. The van der Waals surface area contributed by atoms with Crippen molar-refractivity contribution < 1.29 is 9.59 Å². The Hall–Kier alpha value is -3.75. The number of allylic oxidation sites excluding steroid dienone is 4. The molecule has 0 bridgehead atoms. The Morgan fingerprint density at radius 1 is 0.829 bits per heavy atom. The maximum Gasteiger partial charge on any atom is 0.278 e. The molecule has 0 aliphatic heterocycles. The first-order chi connectivity index (χ1) is 17.0. The first-order valence-electron chi connectivity index (χ1n) is 11.2. The van der Waals surface area contributed by atoms with E-state index in [1.165, 1.54) is 22.7 Å². The first kappa shape index (κ1) is 23.0. The number of rotatable bonds is 5. The van der Waals surface area contributed by atoms with Crippen molar-refractivity contribution in [2.24, 2.45) is 0 Å². The average molecular weight is 499 g/mol. The molecular formula is C27H22N4O2S2. The van der Waals surface area contributed by atoms with Crippen molar-refractivity contribution in [2.45, 2.75) is 26.7 Å². The molecule has 0 N–H and O–H groups in total. The summed E-state index contributed by atoms with van der Waals surface area (Å²) in [5, 5.41) is 1.50. The lowest BCUT2D eigenvalue weighted by molar-refractivity contribution is 0.0900. The molecule has 6 nitrogen and oxygen atoms in total. The van der Waals surface area contributed by atoms with Crippen LogP contribution in [0.25, 0.3) is 16.1 Å². The average Bonchev–Trinajstić information content (AvgIpc) is 3.48. The van der Waals surface area contributed by atoms with Gasteiger partial charge in [0.1, 0.15) is 25.6 Å². The van der Waals surface area contributed by atoms with E-state index in [4.69, 9.17) is 0 Å². The van der Waals surface area contributed by atoms with Crippen molar-refractivity contribution in [1.82, 2.24) is 15.0 Å². The molecule has 174 valence electrons. The quantitative estimate of drug-likeness (QED) is 0.294. The summed E-state index contributed by atoms with van der Waals surface area (Å²) in [4.78, 5) is 43.2. The molecule has 5 rings (SSSR count). The van der Waals surface area contributed by atoms with Crippen LogP contribution >= 0.6 is 22.7 Å². The summed E-state index contributed by atoms with van der Waals surface area (Å²) in [5.74, 6) is -0.621. The fourth-order valence-electron chi connectivity index (χ4n) is 3.78. The van der Waals surface area contributed by atoms with Crippen LogP contribution in [0.4, 0.5) is 5.82 Å².